The maximum Gasteiger partial charge on any atom is 0.184 e. The van der Waals surface area contributed by atoms with Gasteiger partial charge in [0.1, 0.15) is 5.82 Å². The molecule has 7 heteroatoms. The van der Waals surface area contributed by atoms with Crippen LogP contribution in [-0.4, -0.2) is 25.0 Å². The maximum atomic E-state index is 6.27. The highest BCUT2D eigenvalue weighted by Crippen LogP contribution is 2.23. The van der Waals surface area contributed by atoms with Crippen LogP contribution in [0.4, 0.5) is 11.5 Å². The van der Waals surface area contributed by atoms with Crippen LogP contribution in [0.5, 0.6) is 0 Å². The molecule has 0 radical (unpaired) electrons. The molecule has 0 amide bonds. The first-order valence-electron chi connectivity index (χ1n) is 8.25. The minimum Gasteiger partial charge on any atom is -0.338 e. The Kier molecular flexibility index (Phi) is 4.26. The maximum absolute atomic E-state index is 6.27. The molecule has 0 saturated heterocycles. The standard InChI is InChI=1S/C19H17ClN6/c1-12-7-9-15(10-8-12)23-18-17-19(22-13(2)21-18)26(25-24-17)11-14-5-3-4-6-16(14)20/h3-10H,11H2,1-2H3,(H,21,22,23). The van der Waals surface area contributed by atoms with Crippen molar-refractivity contribution in [1.29, 1.82) is 0 Å². The molecule has 2 aromatic heterocycles. The Morgan fingerprint density at radius 1 is 1.00 bits per heavy atom. The molecule has 0 aliphatic heterocycles. The number of halogens is 1. The molecule has 2 aromatic carbocycles. The van der Waals surface area contributed by atoms with Crippen molar-refractivity contribution in [2.45, 2.75) is 20.4 Å². The quantitative estimate of drug-likeness (QED) is 0.585. The molecule has 0 unspecified atom stereocenters. The highest BCUT2D eigenvalue weighted by molar-refractivity contribution is 6.31. The average molecular weight is 365 g/mol. The molecule has 0 saturated carbocycles. The lowest BCUT2D eigenvalue weighted by Crippen LogP contribution is -2.05. The van der Waals surface area contributed by atoms with E-state index in [1.807, 2.05) is 55.5 Å². The zero-order valence-electron chi connectivity index (χ0n) is 14.4. The molecule has 0 aliphatic carbocycles. The first-order valence-corrected chi connectivity index (χ1v) is 8.63. The second-order valence-corrected chi connectivity index (χ2v) is 6.53. The fourth-order valence-electron chi connectivity index (χ4n) is 2.72. The van der Waals surface area contributed by atoms with Crippen molar-refractivity contribution < 1.29 is 0 Å². The Morgan fingerprint density at radius 3 is 2.54 bits per heavy atom. The van der Waals surface area contributed by atoms with Gasteiger partial charge in [-0.25, -0.2) is 14.6 Å². The van der Waals surface area contributed by atoms with E-state index in [1.54, 1.807) is 4.68 Å². The summed E-state index contributed by atoms with van der Waals surface area (Å²) in [5, 5.41) is 12.5. The number of nitrogens with zero attached hydrogens (tertiary/aromatic N) is 5. The van der Waals surface area contributed by atoms with Crippen molar-refractivity contribution in [3.63, 3.8) is 0 Å². The second-order valence-electron chi connectivity index (χ2n) is 6.12. The summed E-state index contributed by atoms with van der Waals surface area (Å²) in [5.74, 6) is 1.29. The number of anilines is 2. The summed E-state index contributed by atoms with van der Waals surface area (Å²) in [6, 6.07) is 15.8. The minimum atomic E-state index is 0.497. The number of aromatic nitrogens is 5. The summed E-state index contributed by atoms with van der Waals surface area (Å²) in [6.07, 6.45) is 0. The summed E-state index contributed by atoms with van der Waals surface area (Å²) in [6.45, 7) is 4.40. The molecule has 130 valence electrons. The lowest BCUT2D eigenvalue weighted by molar-refractivity contribution is 0.663. The van der Waals surface area contributed by atoms with Gasteiger partial charge in [-0.05, 0) is 37.6 Å². The van der Waals surface area contributed by atoms with Crippen LogP contribution in [0.3, 0.4) is 0 Å². The summed E-state index contributed by atoms with van der Waals surface area (Å²) < 4.78 is 1.74. The molecule has 0 atom stereocenters. The van der Waals surface area contributed by atoms with Crippen molar-refractivity contribution in [2.75, 3.05) is 5.32 Å². The summed E-state index contributed by atoms with van der Waals surface area (Å²) in [4.78, 5) is 9.01. The predicted octanol–water partition coefficient (Wildman–Crippen LogP) is 4.28. The number of rotatable bonds is 4. The van der Waals surface area contributed by atoms with E-state index in [1.165, 1.54) is 5.56 Å². The number of nitrogens with one attached hydrogen (secondary N) is 1. The number of fused-ring (bicyclic) bond motifs is 1. The number of hydrogen-bond donors (Lipinski definition) is 1. The third kappa shape index (κ3) is 3.23. The summed E-state index contributed by atoms with van der Waals surface area (Å²) in [7, 11) is 0. The van der Waals surface area contributed by atoms with Crippen molar-refractivity contribution in [3.05, 3.63) is 70.5 Å². The molecule has 0 fully saturated rings. The highest BCUT2D eigenvalue weighted by Gasteiger charge is 2.14. The van der Waals surface area contributed by atoms with Gasteiger partial charge >= 0.3 is 0 Å². The molecule has 26 heavy (non-hydrogen) atoms. The molecule has 0 bridgehead atoms. The molecule has 0 spiro atoms. The molecular formula is C19H17ClN6. The van der Waals surface area contributed by atoms with Crippen LogP contribution >= 0.6 is 11.6 Å². The molecule has 2 heterocycles. The monoisotopic (exact) mass is 364 g/mol. The number of hydrogen-bond acceptors (Lipinski definition) is 5. The Balaban J connectivity index is 1.73. The van der Waals surface area contributed by atoms with Gasteiger partial charge in [0.15, 0.2) is 17.0 Å². The van der Waals surface area contributed by atoms with Crippen molar-refractivity contribution in [2.24, 2.45) is 0 Å². The highest BCUT2D eigenvalue weighted by atomic mass is 35.5. The van der Waals surface area contributed by atoms with Gasteiger partial charge in [-0.15, -0.1) is 5.10 Å². The van der Waals surface area contributed by atoms with E-state index in [4.69, 9.17) is 11.6 Å². The van der Waals surface area contributed by atoms with Crippen LogP contribution in [-0.2, 0) is 6.54 Å². The molecule has 4 rings (SSSR count). The molecule has 6 nitrogen and oxygen atoms in total. The molecule has 0 aliphatic rings. The van der Waals surface area contributed by atoms with Crippen LogP contribution in [0.1, 0.15) is 17.0 Å². The topological polar surface area (TPSA) is 68.5 Å². The largest absolute Gasteiger partial charge is 0.338 e. The summed E-state index contributed by atoms with van der Waals surface area (Å²) in [5.41, 5.74) is 4.40. The average Bonchev–Trinajstić information content (AvgIpc) is 3.02. The fourth-order valence-corrected chi connectivity index (χ4v) is 2.92. The van der Waals surface area contributed by atoms with Gasteiger partial charge in [-0.1, -0.05) is 52.7 Å². The summed E-state index contributed by atoms with van der Waals surface area (Å²) >= 11 is 6.27. The SMILES string of the molecule is Cc1ccc(Nc2nc(C)nc3c2nnn3Cc2ccccc2Cl)cc1. The number of benzene rings is 2. The third-order valence-corrected chi connectivity index (χ3v) is 4.44. The lowest BCUT2D eigenvalue weighted by atomic mass is 10.2. The Bertz CT molecular complexity index is 1070. The Hall–Kier alpha value is -2.99. The van der Waals surface area contributed by atoms with Gasteiger partial charge in [0.05, 0.1) is 6.54 Å². The molecule has 1 N–H and O–H groups in total. The Morgan fingerprint density at radius 2 is 1.77 bits per heavy atom. The minimum absolute atomic E-state index is 0.497. The van der Waals surface area contributed by atoms with E-state index in [0.717, 1.165) is 11.3 Å². The van der Waals surface area contributed by atoms with Gasteiger partial charge in [0.25, 0.3) is 0 Å². The zero-order chi connectivity index (χ0) is 18.1. The lowest BCUT2D eigenvalue weighted by Gasteiger charge is -2.08. The van der Waals surface area contributed by atoms with Crippen LogP contribution in [0.25, 0.3) is 11.2 Å². The van der Waals surface area contributed by atoms with Crippen molar-refractivity contribution in [1.82, 2.24) is 25.0 Å². The van der Waals surface area contributed by atoms with E-state index in [0.29, 0.717) is 34.4 Å². The van der Waals surface area contributed by atoms with E-state index >= 15 is 0 Å². The first kappa shape index (κ1) is 16.5. The van der Waals surface area contributed by atoms with Gasteiger partial charge in [-0.3, -0.25) is 0 Å². The smallest absolute Gasteiger partial charge is 0.184 e. The van der Waals surface area contributed by atoms with Crippen molar-refractivity contribution in [3.8, 4) is 0 Å². The second kappa shape index (κ2) is 6.72. The van der Waals surface area contributed by atoms with E-state index in [9.17, 15) is 0 Å². The van der Waals surface area contributed by atoms with Crippen LogP contribution in [0.15, 0.2) is 48.5 Å². The van der Waals surface area contributed by atoms with Gasteiger partial charge < -0.3 is 5.32 Å². The predicted molar refractivity (Wildman–Crippen MR) is 103 cm³/mol. The fraction of sp³-hybridized carbons (Fsp3) is 0.158. The first-order chi connectivity index (χ1) is 12.6. The van der Waals surface area contributed by atoms with Crippen LogP contribution in [0, 0.1) is 13.8 Å². The van der Waals surface area contributed by atoms with Gasteiger partial charge in [0, 0.05) is 10.7 Å². The van der Waals surface area contributed by atoms with E-state index in [-0.39, 0.29) is 0 Å². The zero-order valence-corrected chi connectivity index (χ0v) is 15.2. The van der Waals surface area contributed by atoms with Gasteiger partial charge in [-0.2, -0.15) is 0 Å². The number of aryl methyl sites for hydroxylation is 2. The molecular weight excluding hydrogens is 348 g/mol. The van der Waals surface area contributed by atoms with Gasteiger partial charge in [0.2, 0.25) is 0 Å². The van der Waals surface area contributed by atoms with E-state index in [2.05, 4.69) is 32.5 Å². The normalized spacial score (nSPS) is 11.0. The van der Waals surface area contributed by atoms with Crippen LogP contribution < -0.4 is 5.32 Å². The van der Waals surface area contributed by atoms with Crippen LogP contribution in [0.2, 0.25) is 5.02 Å². The Labute approximate surface area is 155 Å². The third-order valence-electron chi connectivity index (χ3n) is 4.07. The van der Waals surface area contributed by atoms with Crippen molar-refractivity contribution >= 4 is 34.3 Å². The molecule has 4 aromatic rings. The van der Waals surface area contributed by atoms with E-state index < -0.39 is 0 Å².